The van der Waals surface area contributed by atoms with E-state index < -0.39 is 0 Å². The van der Waals surface area contributed by atoms with E-state index in [0.717, 1.165) is 5.71 Å². The van der Waals surface area contributed by atoms with Crippen LogP contribution in [0.15, 0.2) is 23.5 Å². The average molecular weight is 254 g/mol. The summed E-state index contributed by atoms with van der Waals surface area (Å²) >= 11 is 5.71. The number of oxime groups is 1. The molecule has 2 rings (SSSR count). The van der Waals surface area contributed by atoms with Crippen molar-refractivity contribution < 1.29 is 10.0 Å². The molecule has 1 fully saturated rings. The Morgan fingerprint density at radius 3 is 2.65 bits per heavy atom. The van der Waals surface area contributed by atoms with E-state index in [1.807, 2.05) is 0 Å². The lowest BCUT2D eigenvalue weighted by molar-refractivity contribution is 0.0748. The SMILES string of the molecule is O=C(c1ccc(Cl)cn1)N1CCC(=NO)CC1. The second-order valence-electron chi connectivity index (χ2n) is 3.82. The molecule has 6 heteroatoms. The Balaban J connectivity index is 2.04. The van der Waals surface area contributed by atoms with Gasteiger partial charge in [0.15, 0.2) is 0 Å². The summed E-state index contributed by atoms with van der Waals surface area (Å²) in [5.74, 6) is -0.112. The monoisotopic (exact) mass is 253 g/mol. The topological polar surface area (TPSA) is 65.8 Å². The van der Waals surface area contributed by atoms with Gasteiger partial charge in [0.25, 0.3) is 5.91 Å². The highest BCUT2D eigenvalue weighted by molar-refractivity contribution is 6.30. The number of carbonyl (C=O) groups is 1. The molecule has 1 amide bonds. The van der Waals surface area contributed by atoms with Gasteiger partial charge < -0.3 is 10.1 Å². The second kappa shape index (κ2) is 5.14. The first-order chi connectivity index (χ1) is 8.20. The van der Waals surface area contributed by atoms with Crippen LogP contribution in [0.2, 0.25) is 5.02 Å². The zero-order valence-electron chi connectivity index (χ0n) is 9.14. The molecule has 0 aromatic carbocycles. The minimum absolute atomic E-state index is 0.112. The summed E-state index contributed by atoms with van der Waals surface area (Å²) < 4.78 is 0. The van der Waals surface area contributed by atoms with Crippen LogP contribution in [0.4, 0.5) is 0 Å². The molecule has 1 aromatic rings. The lowest BCUT2D eigenvalue weighted by Gasteiger charge is -2.26. The van der Waals surface area contributed by atoms with E-state index in [1.54, 1.807) is 17.0 Å². The number of likely N-dealkylation sites (tertiary alicyclic amines) is 1. The van der Waals surface area contributed by atoms with Crippen LogP contribution >= 0.6 is 11.6 Å². The number of hydrogen-bond acceptors (Lipinski definition) is 4. The summed E-state index contributed by atoms with van der Waals surface area (Å²) in [7, 11) is 0. The van der Waals surface area contributed by atoms with Crippen LogP contribution < -0.4 is 0 Å². The third-order valence-electron chi connectivity index (χ3n) is 2.72. The average Bonchev–Trinajstić information content (AvgIpc) is 2.39. The first-order valence-electron chi connectivity index (χ1n) is 5.31. The van der Waals surface area contributed by atoms with E-state index in [4.69, 9.17) is 16.8 Å². The molecule has 0 atom stereocenters. The molecule has 1 aromatic heterocycles. The predicted molar refractivity (Wildman–Crippen MR) is 63.6 cm³/mol. The second-order valence-corrected chi connectivity index (χ2v) is 4.26. The summed E-state index contributed by atoms with van der Waals surface area (Å²) in [4.78, 5) is 17.7. The fraction of sp³-hybridized carbons (Fsp3) is 0.364. The molecule has 5 nitrogen and oxygen atoms in total. The summed E-state index contributed by atoms with van der Waals surface area (Å²) in [6.45, 7) is 1.12. The van der Waals surface area contributed by atoms with E-state index in [0.29, 0.717) is 36.6 Å². The highest BCUT2D eigenvalue weighted by Crippen LogP contribution is 2.12. The molecule has 0 radical (unpaired) electrons. The summed E-state index contributed by atoms with van der Waals surface area (Å²) in [6.07, 6.45) is 2.67. The molecule has 0 spiro atoms. The van der Waals surface area contributed by atoms with Crippen molar-refractivity contribution in [3.05, 3.63) is 29.0 Å². The van der Waals surface area contributed by atoms with Gasteiger partial charge in [-0.25, -0.2) is 4.98 Å². The quantitative estimate of drug-likeness (QED) is 0.613. The smallest absolute Gasteiger partial charge is 0.272 e. The van der Waals surface area contributed by atoms with Gasteiger partial charge in [-0.2, -0.15) is 0 Å². The molecule has 17 heavy (non-hydrogen) atoms. The number of piperidine rings is 1. The van der Waals surface area contributed by atoms with Crippen LogP contribution in [0.1, 0.15) is 23.3 Å². The number of pyridine rings is 1. The van der Waals surface area contributed by atoms with Crippen molar-refractivity contribution in [1.82, 2.24) is 9.88 Å². The summed E-state index contributed by atoms with van der Waals surface area (Å²) in [5.41, 5.74) is 1.12. The van der Waals surface area contributed by atoms with Crippen molar-refractivity contribution in [2.75, 3.05) is 13.1 Å². The Morgan fingerprint density at radius 1 is 1.41 bits per heavy atom. The number of nitrogens with zero attached hydrogens (tertiary/aromatic N) is 3. The van der Waals surface area contributed by atoms with Crippen LogP contribution in [0.5, 0.6) is 0 Å². The molecule has 1 N–H and O–H groups in total. The lowest BCUT2D eigenvalue weighted by Crippen LogP contribution is -2.39. The maximum absolute atomic E-state index is 12.0. The van der Waals surface area contributed by atoms with Gasteiger partial charge in [0.05, 0.1) is 10.7 Å². The van der Waals surface area contributed by atoms with Crippen LogP contribution in [0.3, 0.4) is 0 Å². The van der Waals surface area contributed by atoms with Gasteiger partial charge in [0.2, 0.25) is 0 Å². The molecule has 2 heterocycles. The maximum Gasteiger partial charge on any atom is 0.272 e. The normalized spacial score (nSPS) is 15.8. The Morgan fingerprint density at radius 2 is 2.12 bits per heavy atom. The largest absolute Gasteiger partial charge is 0.411 e. The van der Waals surface area contributed by atoms with E-state index >= 15 is 0 Å². The van der Waals surface area contributed by atoms with Crippen LogP contribution in [0, 0.1) is 0 Å². The van der Waals surface area contributed by atoms with Crippen molar-refractivity contribution in [3.63, 3.8) is 0 Å². The molecule has 0 unspecified atom stereocenters. The third kappa shape index (κ3) is 2.74. The molecular formula is C11H12ClN3O2. The highest BCUT2D eigenvalue weighted by Gasteiger charge is 2.21. The van der Waals surface area contributed by atoms with Gasteiger partial charge in [-0.15, -0.1) is 0 Å². The predicted octanol–water partition coefficient (Wildman–Crippen LogP) is 1.80. The molecular weight excluding hydrogens is 242 g/mol. The number of halogens is 1. The van der Waals surface area contributed by atoms with Crippen molar-refractivity contribution in [2.24, 2.45) is 5.16 Å². The van der Waals surface area contributed by atoms with Crippen molar-refractivity contribution in [3.8, 4) is 0 Å². The van der Waals surface area contributed by atoms with Crippen molar-refractivity contribution in [2.45, 2.75) is 12.8 Å². The Labute approximate surface area is 104 Å². The Hall–Kier alpha value is -1.62. The molecule has 1 saturated heterocycles. The van der Waals surface area contributed by atoms with Gasteiger partial charge in [-0.1, -0.05) is 16.8 Å². The zero-order valence-corrected chi connectivity index (χ0v) is 9.89. The van der Waals surface area contributed by atoms with Crippen molar-refractivity contribution in [1.29, 1.82) is 0 Å². The first kappa shape index (κ1) is 11.9. The number of aromatic nitrogens is 1. The van der Waals surface area contributed by atoms with E-state index in [2.05, 4.69) is 10.1 Å². The van der Waals surface area contributed by atoms with E-state index in [-0.39, 0.29) is 5.91 Å². The molecule has 1 aliphatic heterocycles. The van der Waals surface area contributed by atoms with Gasteiger partial charge in [-0.05, 0) is 12.1 Å². The summed E-state index contributed by atoms with van der Waals surface area (Å²) in [5, 5.41) is 12.3. The Kier molecular flexibility index (Phi) is 3.58. The van der Waals surface area contributed by atoms with Gasteiger partial charge in [0, 0.05) is 32.1 Å². The molecule has 0 aliphatic carbocycles. The van der Waals surface area contributed by atoms with Gasteiger partial charge >= 0.3 is 0 Å². The number of carbonyl (C=O) groups excluding carboxylic acids is 1. The lowest BCUT2D eigenvalue weighted by atomic mass is 10.1. The molecule has 0 saturated carbocycles. The van der Waals surface area contributed by atoms with Crippen LogP contribution in [-0.4, -0.2) is 39.8 Å². The molecule has 0 bridgehead atoms. The first-order valence-corrected chi connectivity index (χ1v) is 5.69. The van der Waals surface area contributed by atoms with E-state index in [1.165, 1.54) is 6.20 Å². The summed E-state index contributed by atoms with van der Waals surface area (Å²) in [6, 6.07) is 3.26. The number of hydrogen-bond donors (Lipinski definition) is 1. The number of rotatable bonds is 1. The highest BCUT2D eigenvalue weighted by atomic mass is 35.5. The van der Waals surface area contributed by atoms with Gasteiger partial charge in [0.1, 0.15) is 5.69 Å². The minimum Gasteiger partial charge on any atom is -0.411 e. The van der Waals surface area contributed by atoms with E-state index in [9.17, 15) is 4.79 Å². The fourth-order valence-corrected chi connectivity index (χ4v) is 1.84. The van der Waals surface area contributed by atoms with Crippen LogP contribution in [0.25, 0.3) is 0 Å². The standard InChI is InChI=1S/C11H12ClN3O2/c12-8-1-2-10(13-7-8)11(16)15-5-3-9(14-17)4-6-15/h1-2,7,17H,3-6H2. The molecule has 1 aliphatic rings. The third-order valence-corrected chi connectivity index (χ3v) is 2.94. The maximum atomic E-state index is 12.0. The fourth-order valence-electron chi connectivity index (χ4n) is 1.73. The van der Waals surface area contributed by atoms with Gasteiger partial charge in [-0.3, -0.25) is 4.79 Å². The minimum atomic E-state index is -0.112. The number of amides is 1. The Bertz CT molecular complexity index is 435. The van der Waals surface area contributed by atoms with Crippen LogP contribution in [-0.2, 0) is 0 Å². The zero-order chi connectivity index (χ0) is 12.3. The van der Waals surface area contributed by atoms with Crippen molar-refractivity contribution >= 4 is 23.2 Å². The molecule has 90 valence electrons.